The van der Waals surface area contributed by atoms with Crippen LogP contribution < -0.4 is 4.90 Å². The van der Waals surface area contributed by atoms with E-state index in [4.69, 9.17) is 11.6 Å². The lowest BCUT2D eigenvalue weighted by atomic mass is 9.78. The van der Waals surface area contributed by atoms with Gasteiger partial charge in [0.05, 0.1) is 5.88 Å². The van der Waals surface area contributed by atoms with Crippen LogP contribution >= 0.6 is 27.5 Å². The van der Waals surface area contributed by atoms with Gasteiger partial charge in [-0.25, -0.2) is 4.98 Å². The predicted octanol–water partition coefficient (Wildman–Crippen LogP) is 4.74. The highest BCUT2D eigenvalue weighted by Gasteiger charge is 2.34. The number of alkyl halides is 1. The zero-order valence-electron chi connectivity index (χ0n) is 11.1. The first-order valence-electron chi connectivity index (χ1n) is 7.26. The van der Waals surface area contributed by atoms with Gasteiger partial charge in [-0.15, -0.1) is 11.6 Å². The van der Waals surface area contributed by atoms with Crippen molar-refractivity contribution in [2.45, 2.75) is 50.4 Å². The second-order valence-corrected chi connectivity index (χ2v) is 6.90. The zero-order chi connectivity index (χ0) is 13.2. The van der Waals surface area contributed by atoms with Crippen molar-refractivity contribution >= 4 is 33.3 Å². The number of anilines is 1. The molecule has 0 aromatic carbocycles. The zero-order valence-corrected chi connectivity index (χ0v) is 13.5. The molecule has 0 amide bonds. The minimum atomic E-state index is 0.537. The molecule has 2 atom stereocenters. The van der Waals surface area contributed by atoms with E-state index in [1.54, 1.807) is 0 Å². The maximum absolute atomic E-state index is 6.11. The molecule has 1 saturated heterocycles. The van der Waals surface area contributed by atoms with Crippen LogP contribution in [0.2, 0.25) is 0 Å². The Morgan fingerprint density at radius 1 is 1.26 bits per heavy atom. The summed E-state index contributed by atoms with van der Waals surface area (Å²) in [6, 6.07) is 2.81. The second kappa shape index (κ2) is 6.01. The van der Waals surface area contributed by atoms with Crippen molar-refractivity contribution in [3.05, 3.63) is 22.3 Å². The SMILES string of the molecule is ClCc1cc(Br)cnc1N1CCC[C@H]2CCCC[C@H]21. The average molecular weight is 344 g/mol. The Morgan fingerprint density at radius 3 is 2.89 bits per heavy atom. The molecule has 0 unspecified atom stereocenters. The third kappa shape index (κ3) is 2.78. The Kier molecular flexibility index (Phi) is 4.33. The maximum Gasteiger partial charge on any atom is 0.133 e. The van der Waals surface area contributed by atoms with Crippen LogP contribution in [0.5, 0.6) is 0 Å². The third-order valence-corrected chi connectivity index (χ3v) is 5.29. The molecule has 2 heterocycles. The van der Waals surface area contributed by atoms with Gasteiger partial charge in [0.1, 0.15) is 5.82 Å². The molecule has 0 spiro atoms. The molecule has 1 aromatic heterocycles. The minimum absolute atomic E-state index is 0.537. The summed E-state index contributed by atoms with van der Waals surface area (Å²) < 4.78 is 1.02. The van der Waals surface area contributed by atoms with Crippen LogP contribution in [-0.2, 0) is 5.88 Å². The molecule has 19 heavy (non-hydrogen) atoms. The molecule has 2 fully saturated rings. The lowest BCUT2D eigenvalue weighted by Gasteiger charge is -2.45. The van der Waals surface area contributed by atoms with Crippen molar-refractivity contribution < 1.29 is 0 Å². The standard InChI is InChI=1S/C15H20BrClN2/c16-13-8-12(9-17)15(18-10-13)19-7-3-5-11-4-1-2-6-14(11)19/h8,10-11,14H,1-7,9H2/t11-,14-/m1/s1. The Labute approximate surface area is 128 Å². The van der Waals surface area contributed by atoms with Crippen LogP contribution in [0.15, 0.2) is 16.7 Å². The van der Waals surface area contributed by atoms with E-state index in [1.165, 1.54) is 38.5 Å². The molecule has 1 aliphatic heterocycles. The van der Waals surface area contributed by atoms with Crippen molar-refractivity contribution in [2.24, 2.45) is 5.92 Å². The number of fused-ring (bicyclic) bond motifs is 1. The highest BCUT2D eigenvalue weighted by Crippen LogP contribution is 2.38. The van der Waals surface area contributed by atoms with Crippen LogP contribution in [0.3, 0.4) is 0 Å². The summed E-state index contributed by atoms with van der Waals surface area (Å²) >= 11 is 9.60. The molecular weight excluding hydrogens is 324 g/mol. The Morgan fingerprint density at radius 2 is 2.05 bits per heavy atom. The molecule has 3 rings (SSSR count). The minimum Gasteiger partial charge on any atom is -0.353 e. The van der Waals surface area contributed by atoms with E-state index in [0.29, 0.717) is 11.9 Å². The number of pyridine rings is 1. The number of halogens is 2. The molecule has 1 saturated carbocycles. The number of aromatic nitrogens is 1. The monoisotopic (exact) mass is 342 g/mol. The van der Waals surface area contributed by atoms with Gasteiger partial charge < -0.3 is 4.90 Å². The largest absolute Gasteiger partial charge is 0.353 e. The van der Waals surface area contributed by atoms with Crippen molar-refractivity contribution in [2.75, 3.05) is 11.4 Å². The predicted molar refractivity (Wildman–Crippen MR) is 83.8 cm³/mol. The average Bonchev–Trinajstić information content (AvgIpc) is 2.46. The summed E-state index contributed by atoms with van der Waals surface area (Å²) in [6.45, 7) is 1.14. The Bertz CT molecular complexity index is 450. The first kappa shape index (κ1) is 13.7. The van der Waals surface area contributed by atoms with Crippen molar-refractivity contribution in [1.29, 1.82) is 0 Å². The molecule has 0 bridgehead atoms. The van der Waals surface area contributed by atoms with Gasteiger partial charge in [0.2, 0.25) is 0 Å². The molecule has 4 heteroatoms. The Hall–Kier alpha value is -0.280. The lowest BCUT2D eigenvalue weighted by molar-refractivity contribution is 0.242. The van der Waals surface area contributed by atoms with Gasteiger partial charge in [-0.2, -0.15) is 0 Å². The first-order chi connectivity index (χ1) is 9.29. The normalized spacial score (nSPS) is 27.2. The number of hydrogen-bond acceptors (Lipinski definition) is 2. The fourth-order valence-corrected chi connectivity index (χ4v) is 4.29. The van der Waals surface area contributed by atoms with Crippen LogP contribution in [0.4, 0.5) is 5.82 Å². The van der Waals surface area contributed by atoms with E-state index in [0.717, 1.165) is 28.3 Å². The van der Waals surface area contributed by atoms with Gasteiger partial charge >= 0.3 is 0 Å². The topological polar surface area (TPSA) is 16.1 Å². The molecule has 1 aliphatic carbocycles. The summed E-state index contributed by atoms with van der Waals surface area (Å²) in [5, 5.41) is 0. The van der Waals surface area contributed by atoms with Crippen molar-refractivity contribution in [3.8, 4) is 0 Å². The molecule has 104 valence electrons. The van der Waals surface area contributed by atoms with Crippen LogP contribution in [-0.4, -0.2) is 17.6 Å². The fraction of sp³-hybridized carbons (Fsp3) is 0.667. The number of rotatable bonds is 2. The Balaban J connectivity index is 1.91. The van der Waals surface area contributed by atoms with Gasteiger partial charge in [0.15, 0.2) is 0 Å². The number of nitrogens with zero attached hydrogens (tertiary/aromatic N) is 2. The van der Waals surface area contributed by atoms with E-state index in [2.05, 4.69) is 31.9 Å². The fourth-order valence-electron chi connectivity index (χ4n) is 3.72. The van der Waals surface area contributed by atoms with E-state index in [9.17, 15) is 0 Å². The highest BCUT2D eigenvalue weighted by molar-refractivity contribution is 9.10. The van der Waals surface area contributed by atoms with Crippen molar-refractivity contribution in [1.82, 2.24) is 4.98 Å². The molecule has 2 nitrogen and oxygen atoms in total. The van der Waals surface area contributed by atoms with Crippen LogP contribution in [0.25, 0.3) is 0 Å². The molecule has 0 N–H and O–H groups in total. The number of hydrogen-bond donors (Lipinski definition) is 0. The van der Waals surface area contributed by atoms with Gasteiger partial charge in [0, 0.05) is 28.8 Å². The van der Waals surface area contributed by atoms with Crippen molar-refractivity contribution in [3.63, 3.8) is 0 Å². The van der Waals surface area contributed by atoms with E-state index < -0.39 is 0 Å². The van der Waals surface area contributed by atoms with E-state index in [-0.39, 0.29) is 0 Å². The van der Waals surface area contributed by atoms with Crippen LogP contribution in [0.1, 0.15) is 44.1 Å². The quantitative estimate of drug-likeness (QED) is 0.721. The third-order valence-electron chi connectivity index (χ3n) is 4.57. The summed E-state index contributed by atoms with van der Waals surface area (Å²) in [5.41, 5.74) is 1.15. The molecule has 1 aromatic rings. The smallest absolute Gasteiger partial charge is 0.133 e. The van der Waals surface area contributed by atoms with Gasteiger partial charge in [0.25, 0.3) is 0 Å². The van der Waals surface area contributed by atoms with E-state index in [1.807, 2.05) is 6.20 Å². The van der Waals surface area contributed by atoms with Gasteiger partial charge in [-0.05, 0) is 53.6 Å². The lowest BCUT2D eigenvalue weighted by Crippen LogP contribution is -2.47. The summed E-state index contributed by atoms with van der Waals surface area (Å²) in [7, 11) is 0. The van der Waals surface area contributed by atoms with Crippen LogP contribution in [0, 0.1) is 5.92 Å². The summed E-state index contributed by atoms with van der Waals surface area (Å²) in [6.07, 6.45) is 10.1. The number of piperidine rings is 1. The molecular formula is C15H20BrClN2. The summed E-state index contributed by atoms with van der Waals surface area (Å²) in [5.74, 6) is 2.53. The first-order valence-corrected chi connectivity index (χ1v) is 8.59. The van der Waals surface area contributed by atoms with Gasteiger partial charge in [-0.1, -0.05) is 12.8 Å². The maximum atomic E-state index is 6.11. The second-order valence-electron chi connectivity index (χ2n) is 5.72. The van der Waals surface area contributed by atoms with E-state index >= 15 is 0 Å². The summed E-state index contributed by atoms with van der Waals surface area (Å²) in [4.78, 5) is 7.20. The molecule has 0 radical (unpaired) electrons. The van der Waals surface area contributed by atoms with Gasteiger partial charge in [-0.3, -0.25) is 0 Å². The molecule has 2 aliphatic rings. The highest BCUT2D eigenvalue weighted by atomic mass is 79.9.